The Morgan fingerprint density at radius 1 is 1.00 bits per heavy atom. The van der Waals surface area contributed by atoms with E-state index in [4.69, 9.17) is 0 Å². The molecular formula is C16H15F2NO2S. The Morgan fingerprint density at radius 3 is 2.41 bits per heavy atom. The Bertz CT molecular complexity index is 778. The highest BCUT2D eigenvalue weighted by Gasteiger charge is 2.36. The van der Waals surface area contributed by atoms with Crippen LogP contribution in [0.25, 0.3) is 0 Å². The quantitative estimate of drug-likeness (QED) is 0.867. The van der Waals surface area contributed by atoms with Gasteiger partial charge in [-0.05, 0) is 36.6 Å². The van der Waals surface area contributed by atoms with Crippen LogP contribution in [0.5, 0.6) is 0 Å². The summed E-state index contributed by atoms with van der Waals surface area (Å²) in [5, 5.41) is 0. The fourth-order valence-electron chi connectivity index (χ4n) is 2.81. The van der Waals surface area contributed by atoms with Gasteiger partial charge in [-0.2, -0.15) is 4.31 Å². The molecule has 1 saturated heterocycles. The third-order valence-electron chi connectivity index (χ3n) is 3.89. The van der Waals surface area contributed by atoms with Gasteiger partial charge in [-0.3, -0.25) is 0 Å². The van der Waals surface area contributed by atoms with E-state index >= 15 is 0 Å². The Hall–Kier alpha value is -1.79. The minimum atomic E-state index is -3.85. The molecule has 22 heavy (non-hydrogen) atoms. The van der Waals surface area contributed by atoms with Crippen LogP contribution in [0.15, 0.2) is 53.4 Å². The zero-order valence-electron chi connectivity index (χ0n) is 11.7. The average molecular weight is 323 g/mol. The molecule has 3 rings (SSSR count). The highest BCUT2D eigenvalue weighted by molar-refractivity contribution is 7.89. The molecule has 2 aromatic rings. The maximum atomic E-state index is 13.4. The summed E-state index contributed by atoms with van der Waals surface area (Å²) in [6.45, 7) is 0.376. The third-order valence-corrected chi connectivity index (χ3v) is 5.79. The summed E-state index contributed by atoms with van der Waals surface area (Å²) in [7, 11) is -3.85. The molecule has 0 aromatic heterocycles. The van der Waals surface area contributed by atoms with Gasteiger partial charge in [0.1, 0.15) is 0 Å². The third kappa shape index (κ3) is 2.64. The van der Waals surface area contributed by atoms with Gasteiger partial charge in [-0.1, -0.05) is 30.3 Å². The van der Waals surface area contributed by atoms with Crippen LogP contribution < -0.4 is 0 Å². The van der Waals surface area contributed by atoms with Gasteiger partial charge in [0.15, 0.2) is 11.6 Å². The fraction of sp³-hybridized carbons (Fsp3) is 0.250. The van der Waals surface area contributed by atoms with E-state index in [0.717, 1.165) is 30.2 Å². The van der Waals surface area contributed by atoms with E-state index in [1.54, 1.807) is 0 Å². The molecule has 0 saturated carbocycles. The van der Waals surface area contributed by atoms with Crippen molar-refractivity contribution in [2.24, 2.45) is 0 Å². The number of rotatable bonds is 3. The molecule has 0 aliphatic carbocycles. The molecule has 0 spiro atoms. The topological polar surface area (TPSA) is 37.4 Å². The number of nitrogens with zero attached hydrogens (tertiary/aromatic N) is 1. The number of sulfonamides is 1. The molecule has 0 bridgehead atoms. The summed E-state index contributed by atoms with van der Waals surface area (Å²) in [5.41, 5.74) is 0.908. The lowest BCUT2D eigenvalue weighted by atomic mass is 10.1. The largest absolute Gasteiger partial charge is 0.243 e. The fourth-order valence-corrected chi connectivity index (χ4v) is 4.50. The molecule has 116 valence electrons. The van der Waals surface area contributed by atoms with Crippen LogP contribution in [-0.4, -0.2) is 19.3 Å². The smallest absolute Gasteiger partial charge is 0.207 e. The van der Waals surface area contributed by atoms with Crippen LogP contribution in [0.1, 0.15) is 24.4 Å². The molecule has 2 aromatic carbocycles. The molecule has 1 aliphatic rings. The summed E-state index contributed by atoms with van der Waals surface area (Å²) >= 11 is 0. The lowest BCUT2D eigenvalue weighted by molar-refractivity contribution is 0.396. The maximum absolute atomic E-state index is 13.4. The van der Waals surface area contributed by atoms with Crippen LogP contribution >= 0.6 is 0 Å². The molecular weight excluding hydrogens is 308 g/mol. The van der Waals surface area contributed by atoms with Crippen molar-refractivity contribution in [2.75, 3.05) is 6.54 Å². The van der Waals surface area contributed by atoms with Crippen molar-refractivity contribution in [1.29, 1.82) is 0 Å². The van der Waals surface area contributed by atoms with Crippen molar-refractivity contribution in [3.63, 3.8) is 0 Å². The number of halogens is 2. The van der Waals surface area contributed by atoms with Crippen molar-refractivity contribution in [1.82, 2.24) is 4.31 Å². The minimum absolute atomic E-state index is 0.214. The highest BCUT2D eigenvalue weighted by Crippen LogP contribution is 2.36. The lowest BCUT2D eigenvalue weighted by Crippen LogP contribution is -2.30. The van der Waals surface area contributed by atoms with Gasteiger partial charge in [0.25, 0.3) is 0 Å². The summed E-state index contributed by atoms with van der Waals surface area (Å²) < 4.78 is 53.2. The summed E-state index contributed by atoms with van der Waals surface area (Å²) in [5.74, 6) is -2.21. The van der Waals surface area contributed by atoms with Crippen LogP contribution in [0.3, 0.4) is 0 Å². The molecule has 3 nitrogen and oxygen atoms in total. The molecule has 1 fully saturated rings. The van der Waals surface area contributed by atoms with E-state index in [0.29, 0.717) is 13.0 Å². The van der Waals surface area contributed by atoms with Crippen LogP contribution in [0.2, 0.25) is 0 Å². The van der Waals surface area contributed by atoms with E-state index in [2.05, 4.69) is 0 Å². The molecule has 1 atom stereocenters. The lowest BCUT2D eigenvalue weighted by Gasteiger charge is -2.24. The van der Waals surface area contributed by atoms with E-state index in [1.807, 2.05) is 30.3 Å². The van der Waals surface area contributed by atoms with Gasteiger partial charge in [0, 0.05) is 6.54 Å². The second-order valence-corrected chi connectivity index (χ2v) is 7.15. The molecule has 6 heteroatoms. The first-order chi connectivity index (χ1) is 10.5. The highest BCUT2D eigenvalue weighted by atomic mass is 32.2. The molecule has 0 radical (unpaired) electrons. The molecule has 0 unspecified atom stereocenters. The normalized spacial score (nSPS) is 19.5. The van der Waals surface area contributed by atoms with Crippen molar-refractivity contribution in [3.8, 4) is 0 Å². The Balaban J connectivity index is 1.99. The van der Waals surface area contributed by atoms with Crippen molar-refractivity contribution >= 4 is 10.0 Å². The van der Waals surface area contributed by atoms with E-state index < -0.39 is 21.7 Å². The average Bonchev–Trinajstić information content (AvgIpc) is 3.01. The summed E-state index contributed by atoms with van der Waals surface area (Å²) in [4.78, 5) is -0.214. The van der Waals surface area contributed by atoms with Gasteiger partial charge in [0.2, 0.25) is 10.0 Å². The molecule has 0 N–H and O–H groups in total. The Kier molecular flexibility index (Phi) is 3.97. The van der Waals surface area contributed by atoms with Crippen molar-refractivity contribution in [2.45, 2.75) is 23.8 Å². The zero-order valence-corrected chi connectivity index (χ0v) is 12.6. The standard InChI is InChI=1S/C16H15F2NO2S/c17-14-9-8-13(11-15(14)18)22(20,21)19-10-4-7-16(19)12-5-2-1-3-6-12/h1-3,5-6,8-9,11,16H,4,7,10H2/t16-/m1/s1. The monoisotopic (exact) mass is 323 g/mol. The number of benzene rings is 2. The van der Waals surface area contributed by atoms with Crippen molar-refractivity contribution < 1.29 is 17.2 Å². The van der Waals surface area contributed by atoms with Gasteiger partial charge in [-0.15, -0.1) is 0 Å². The van der Waals surface area contributed by atoms with E-state index in [1.165, 1.54) is 4.31 Å². The predicted molar refractivity (Wildman–Crippen MR) is 78.7 cm³/mol. The Morgan fingerprint density at radius 2 is 1.73 bits per heavy atom. The number of hydrogen-bond donors (Lipinski definition) is 0. The molecule has 1 heterocycles. The number of hydrogen-bond acceptors (Lipinski definition) is 2. The first-order valence-corrected chi connectivity index (χ1v) is 8.46. The zero-order chi connectivity index (χ0) is 15.7. The van der Waals surface area contributed by atoms with Gasteiger partial charge < -0.3 is 0 Å². The Labute approximate surface area is 128 Å². The SMILES string of the molecule is O=S(=O)(c1ccc(F)c(F)c1)N1CCC[C@@H]1c1ccccc1. The molecule has 0 amide bonds. The summed E-state index contributed by atoms with van der Waals surface area (Å²) in [6, 6.07) is 11.8. The predicted octanol–water partition coefficient (Wildman–Crippen LogP) is 3.49. The van der Waals surface area contributed by atoms with Gasteiger partial charge in [-0.25, -0.2) is 17.2 Å². The van der Waals surface area contributed by atoms with E-state index in [-0.39, 0.29) is 10.9 Å². The second kappa shape index (κ2) is 5.78. The van der Waals surface area contributed by atoms with Crippen LogP contribution in [-0.2, 0) is 10.0 Å². The first kappa shape index (κ1) is 15.1. The molecule has 1 aliphatic heterocycles. The second-order valence-electron chi connectivity index (χ2n) is 5.26. The van der Waals surface area contributed by atoms with Gasteiger partial charge >= 0.3 is 0 Å². The minimum Gasteiger partial charge on any atom is -0.207 e. The first-order valence-electron chi connectivity index (χ1n) is 7.02. The van der Waals surface area contributed by atoms with Gasteiger partial charge in [0.05, 0.1) is 10.9 Å². The van der Waals surface area contributed by atoms with Crippen molar-refractivity contribution in [3.05, 3.63) is 65.7 Å². The summed E-state index contributed by atoms with van der Waals surface area (Å²) in [6.07, 6.45) is 1.45. The van der Waals surface area contributed by atoms with Crippen LogP contribution in [0.4, 0.5) is 8.78 Å². The van der Waals surface area contributed by atoms with Crippen LogP contribution in [0, 0.1) is 11.6 Å². The van der Waals surface area contributed by atoms with E-state index in [9.17, 15) is 17.2 Å². The maximum Gasteiger partial charge on any atom is 0.243 e.